The number of amides is 1. The highest BCUT2D eigenvalue weighted by atomic mass is 35.5. The minimum absolute atomic E-state index is 0.00349. The molecule has 0 saturated carbocycles. The highest BCUT2D eigenvalue weighted by Crippen LogP contribution is 2.23. The largest absolute Gasteiger partial charge is 0.355 e. The number of halogens is 1. The maximum absolute atomic E-state index is 11.8. The van der Waals surface area contributed by atoms with E-state index < -0.39 is 0 Å². The summed E-state index contributed by atoms with van der Waals surface area (Å²) in [5.41, 5.74) is 1.25. The van der Waals surface area contributed by atoms with Crippen LogP contribution >= 0.6 is 35.1 Å². The number of aromatic nitrogens is 1. The van der Waals surface area contributed by atoms with E-state index in [9.17, 15) is 4.79 Å². The van der Waals surface area contributed by atoms with Gasteiger partial charge in [-0.1, -0.05) is 41.1 Å². The number of carbonyl (C=O) groups is 1. The predicted molar refractivity (Wildman–Crippen MR) is 94.9 cm³/mol. The van der Waals surface area contributed by atoms with E-state index in [2.05, 4.69) is 41.5 Å². The molecule has 2 rings (SSSR count). The first kappa shape index (κ1) is 17.2. The van der Waals surface area contributed by atoms with Crippen LogP contribution in [0.25, 0.3) is 0 Å². The summed E-state index contributed by atoms with van der Waals surface area (Å²) < 4.78 is 0. The van der Waals surface area contributed by atoms with E-state index in [0.29, 0.717) is 22.3 Å². The van der Waals surface area contributed by atoms with Crippen LogP contribution in [0.4, 0.5) is 0 Å². The molecular formula is C16H17ClN2OS2. The summed E-state index contributed by atoms with van der Waals surface area (Å²) in [6.07, 6.45) is 1.67. The molecule has 2 aromatic rings. The number of nitrogens with one attached hydrogen (secondary N) is 1. The van der Waals surface area contributed by atoms with Gasteiger partial charge in [-0.25, -0.2) is 4.98 Å². The molecule has 0 spiro atoms. The van der Waals surface area contributed by atoms with E-state index in [1.807, 2.05) is 0 Å². The summed E-state index contributed by atoms with van der Waals surface area (Å²) in [6.45, 7) is 2.72. The van der Waals surface area contributed by atoms with Crippen molar-refractivity contribution in [1.29, 1.82) is 0 Å². The van der Waals surface area contributed by atoms with Crippen molar-refractivity contribution in [1.82, 2.24) is 10.3 Å². The summed E-state index contributed by atoms with van der Waals surface area (Å²) in [5, 5.41) is 4.17. The van der Waals surface area contributed by atoms with Gasteiger partial charge in [-0.3, -0.25) is 4.79 Å². The van der Waals surface area contributed by atoms with Gasteiger partial charge in [0.25, 0.3) is 0 Å². The maximum Gasteiger partial charge on any atom is 0.230 e. The molecule has 0 aliphatic rings. The third-order valence-electron chi connectivity index (χ3n) is 2.78. The van der Waals surface area contributed by atoms with Crippen LogP contribution in [0.3, 0.4) is 0 Å². The van der Waals surface area contributed by atoms with Crippen molar-refractivity contribution in [2.75, 3.05) is 18.1 Å². The average molecular weight is 353 g/mol. The lowest BCUT2D eigenvalue weighted by Gasteiger charge is -2.06. The molecule has 1 N–H and O–H groups in total. The minimum Gasteiger partial charge on any atom is -0.355 e. The van der Waals surface area contributed by atoms with Crippen molar-refractivity contribution < 1.29 is 4.79 Å². The highest BCUT2D eigenvalue weighted by molar-refractivity contribution is 8.00. The molecule has 0 fully saturated rings. The number of aryl methyl sites for hydroxylation is 1. The van der Waals surface area contributed by atoms with E-state index in [0.717, 1.165) is 5.75 Å². The molecule has 0 aliphatic carbocycles. The number of nitrogens with zero attached hydrogens (tertiary/aromatic N) is 1. The zero-order valence-corrected chi connectivity index (χ0v) is 14.6. The second-order valence-corrected chi connectivity index (χ2v) is 7.13. The van der Waals surface area contributed by atoms with Crippen LogP contribution in [0.15, 0.2) is 52.5 Å². The standard InChI is InChI=1S/C16H17ClN2OS2/c1-12-4-6-13(7-5-12)21-10-9-18-15(20)11-22-16-14(17)3-2-8-19-16/h2-8H,9-11H2,1H3,(H,18,20). The summed E-state index contributed by atoms with van der Waals surface area (Å²) in [6, 6.07) is 11.9. The molecule has 22 heavy (non-hydrogen) atoms. The van der Waals surface area contributed by atoms with Gasteiger partial charge in [-0.05, 0) is 31.2 Å². The van der Waals surface area contributed by atoms with Crippen molar-refractivity contribution in [3.63, 3.8) is 0 Å². The lowest BCUT2D eigenvalue weighted by atomic mass is 10.2. The average Bonchev–Trinajstić information content (AvgIpc) is 2.52. The third-order valence-corrected chi connectivity index (χ3v) is 5.21. The fourth-order valence-corrected chi connectivity index (χ4v) is 3.42. The molecule has 0 unspecified atom stereocenters. The molecule has 1 aromatic carbocycles. The monoisotopic (exact) mass is 352 g/mol. The predicted octanol–water partition coefficient (Wildman–Crippen LogP) is 4.04. The number of thioether (sulfide) groups is 2. The van der Waals surface area contributed by atoms with Crippen molar-refractivity contribution >= 4 is 41.0 Å². The van der Waals surface area contributed by atoms with E-state index in [-0.39, 0.29) is 5.91 Å². The highest BCUT2D eigenvalue weighted by Gasteiger charge is 2.06. The Hall–Kier alpha value is -1.17. The van der Waals surface area contributed by atoms with Gasteiger partial charge in [0, 0.05) is 23.4 Å². The van der Waals surface area contributed by atoms with Gasteiger partial charge >= 0.3 is 0 Å². The van der Waals surface area contributed by atoms with Crippen molar-refractivity contribution in [2.24, 2.45) is 0 Å². The van der Waals surface area contributed by atoms with E-state index >= 15 is 0 Å². The van der Waals surface area contributed by atoms with Crippen molar-refractivity contribution in [3.05, 3.63) is 53.2 Å². The molecular weight excluding hydrogens is 336 g/mol. The Morgan fingerprint density at radius 3 is 2.73 bits per heavy atom. The van der Waals surface area contributed by atoms with Crippen LogP contribution < -0.4 is 5.32 Å². The third kappa shape index (κ3) is 5.91. The van der Waals surface area contributed by atoms with Gasteiger partial charge < -0.3 is 5.32 Å². The molecule has 116 valence electrons. The first-order chi connectivity index (χ1) is 10.6. The molecule has 0 saturated heterocycles. The molecule has 0 radical (unpaired) electrons. The summed E-state index contributed by atoms with van der Waals surface area (Å²) in [4.78, 5) is 17.1. The fourth-order valence-electron chi connectivity index (χ4n) is 1.66. The van der Waals surface area contributed by atoms with Gasteiger partial charge in [-0.15, -0.1) is 11.8 Å². The second kappa shape index (κ2) is 9.08. The van der Waals surface area contributed by atoms with Gasteiger partial charge in [0.1, 0.15) is 5.03 Å². The number of rotatable bonds is 7. The minimum atomic E-state index is -0.00349. The Balaban J connectivity index is 1.64. The number of carbonyl (C=O) groups excluding carboxylic acids is 1. The molecule has 3 nitrogen and oxygen atoms in total. The first-order valence-corrected chi connectivity index (χ1v) is 9.19. The van der Waals surface area contributed by atoms with Gasteiger partial charge in [0.15, 0.2) is 0 Å². The molecule has 1 aromatic heterocycles. The first-order valence-electron chi connectivity index (χ1n) is 6.84. The van der Waals surface area contributed by atoms with Crippen LogP contribution in [0, 0.1) is 6.92 Å². The Morgan fingerprint density at radius 1 is 1.23 bits per heavy atom. The van der Waals surface area contributed by atoms with E-state index in [4.69, 9.17) is 11.6 Å². The summed E-state index contributed by atoms with van der Waals surface area (Å²) >= 11 is 9.08. The molecule has 0 bridgehead atoms. The van der Waals surface area contributed by atoms with Gasteiger partial charge in [0.2, 0.25) is 5.91 Å². The Bertz CT molecular complexity index is 620. The maximum atomic E-state index is 11.8. The summed E-state index contributed by atoms with van der Waals surface area (Å²) in [5.74, 6) is 1.17. The lowest BCUT2D eigenvalue weighted by molar-refractivity contribution is -0.118. The quantitative estimate of drug-likeness (QED) is 0.603. The number of pyridine rings is 1. The van der Waals surface area contributed by atoms with Crippen LogP contribution in [0.2, 0.25) is 5.02 Å². The molecule has 0 atom stereocenters. The zero-order valence-electron chi connectivity index (χ0n) is 12.2. The van der Waals surface area contributed by atoms with Gasteiger partial charge in [0.05, 0.1) is 10.8 Å². The smallest absolute Gasteiger partial charge is 0.230 e. The SMILES string of the molecule is Cc1ccc(SCCNC(=O)CSc2ncccc2Cl)cc1. The molecule has 1 amide bonds. The molecule has 1 heterocycles. The number of hydrogen-bond donors (Lipinski definition) is 1. The fraction of sp³-hybridized carbons (Fsp3) is 0.250. The summed E-state index contributed by atoms with van der Waals surface area (Å²) in [7, 11) is 0. The topological polar surface area (TPSA) is 42.0 Å². The Labute approximate surface area is 144 Å². The van der Waals surface area contributed by atoms with E-state index in [1.165, 1.54) is 22.2 Å². The lowest BCUT2D eigenvalue weighted by Crippen LogP contribution is -2.27. The van der Waals surface area contributed by atoms with Crippen LogP contribution in [0.5, 0.6) is 0 Å². The Kier molecular flexibility index (Phi) is 7.09. The number of hydrogen-bond acceptors (Lipinski definition) is 4. The van der Waals surface area contributed by atoms with Crippen molar-refractivity contribution in [2.45, 2.75) is 16.8 Å². The van der Waals surface area contributed by atoms with Gasteiger partial charge in [-0.2, -0.15) is 0 Å². The van der Waals surface area contributed by atoms with Crippen LogP contribution in [-0.2, 0) is 4.79 Å². The van der Waals surface area contributed by atoms with E-state index in [1.54, 1.807) is 30.1 Å². The zero-order chi connectivity index (χ0) is 15.8. The Morgan fingerprint density at radius 2 is 2.00 bits per heavy atom. The molecule has 0 aliphatic heterocycles. The normalized spacial score (nSPS) is 10.5. The second-order valence-electron chi connectivity index (χ2n) is 4.59. The van der Waals surface area contributed by atoms with Crippen LogP contribution in [-0.4, -0.2) is 28.9 Å². The molecule has 6 heteroatoms. The van der Waals surface area contributed by atoms with Crippen LogP contribution in [0.1, 0.15) is 5.56 Å². The van der Waals surface area contributed by atoms with Crippen molar-refractivity contribution in [3.8, 4) is 0 Å². The number of benzene rings is 1.